The van der Waals surface area contributed by atoms with E-state index in [1.165, 1.54) is 17.0 Å². The van der Waals surface area contributed by atoms with E-state index >= 15 is 0 Å². The van der Waals surface area contributed by atoms with Crippen molar-refractivity contribution in [2.75, 3.05) is 19.4 Å². The van der Waals surface area contributed by atoms with Gasteiger partial charge in [-0.25, -0.2) is 4.79 Å². The maximum atomic E-state index is 11.9. The van der Waals surface area contributed by atoms with Crippen molar-refractivity contribution in [1.29, 1.82) is 0 Å². The Balaban J connectivity index is 1.81. The van der Waals surface area contributed by atoms with Gasteiger partial charge in [-0.2, -0.15) is 0 Å². The highest BCUT2D eigenvalue weighted by atomic mass is 16.4. The molecule has 0 aliphatic rings. The summed E-state index contributed by atoms with van der Waals surface area (Å²) in [6.07, 6.45) is 0. The van der Waals surface area contributed by atoms with Crippen molar-refractivity contribution in [2.24, 2.45) is 0 Å². The Labute approximate surface area is 144 Å². The maximum Gasteiger partial charge on any atom is 0.336 e. The molecule has 0 unspecified atom stereocenters. The normalized spacial score (nSPS) is 10.6. The fourth-order valence-electron chi connectivity index (χ4n) is 2.55. The van der Waals surface area contributed by atoms with Crippen molar-refractivity contribution in [3.05, 3.63) is 70.1 Å². The molecule has 1 aromatic heterocycles. The van der Waals surface area contributed by atoms with Gasteiger partial charge in [0.25, 0.3) is 5.91 Å². The molecule has 0 fully saturated rings. The molecule has 1 heterocycles. The third kappa shape index (κ3) is 3.63. The molecule has 0 atom stereocenters. The molecule has 1 amide bonds. The number of nitrogens with zero attached hydrogens (tertiary/aromatic N) is 1. The van der Waals surface area contributed by atoms with E-state index in [2.05, 4.69) is 5.32 Å². The first kappa shape index (κ1) is 16.6. The number of anilines is 1. The minimum Gasteiger partial charge on any atom is -0.508 e. The lowest BCUT2D eigenvalue weighted by Gasteiger charge is -2.12. The summed E-state index contributed by atoms with van der Waals surface area (Å²) in [5, 5.41) is 13.5. The summed E-state index contributed by atoms with van der Waals surface area (Å²) in [6, 6.07) is 13.2. The molecule has 3 aromatic rings. The lowest BCUT2D eigenvalue weighted by atomic mass is 10.1. The molecule has 128 valence electrons. The number of phenolic OH excluding ortho intramolecular Hbond substituents is 1. The number of fused-ring (bicyclic) bond motifs is 1. The summed E-state index contributed by atoms with van der Waals surface area (Å²) in [5.74, 6) is -0.0140. The molecule has 0 saturated carbocycles. The Morgan fingerprint density at radius 1 is 1.12 bits per heavy atom. The summed E-state index contributed by atoms with van der Waals surface area (Å²) in [7, 11) is 3.41. The number of phenols is 1. The average molecular weight is 338 g/mol. The summed E-state index contributed by atoms with van der Waals surface area (Å²) >= 11 is 0. The van der Waals surface area contributed by atoms with Crippen LogP contribution in [0.25, 0.3) is 11.0 Å². The predicted molar refractivity (Wildman–Crippen MR) is 95.9 cm³/mol. The van der Waals surface area contributed by atoms with E-state index in [1.807, 2.05) is 12.1 Å². The van der Waals surface area contributed by atoms with Gasteiger partial charge in [0.2, 0.25) is 0 Å². The van der Waals surface area contributed by atoms with Crippen LogP contribution in [0, 0.1) is 0 Å². The largest absolute Gasteiger partial charge is 0.508 e. The van der Waals surface area contributed by atoms with E-state index in [1.54, 1.807) is 38.4 Å². The van der Waals surface area contributed by atoms with E-state index in [4.69, 9.17) is 4.42 Å². The quantitative estimate of drug-likeness (QED) is 0.715. The third-order valence-electron chi connectivity index (χ3n) is 3.83. The summed E-state index contributed by atoms with van der Waals surface area (Å²) in [6.45, 7) is 0.411. The number of carbonyl (C=O) groups is 1. The second kappa shape index (κ2) is 6.68. The molecule has 25 heavy (non-hydrogen) atoms. The van der Waals surface area contributed by atoms with Gasteiger partial charge in [0.15, 0.2) is 0 Å². The molecule has 0 aliphatic heterocycles. The number of benzene rings is 2. The molecule has 6 nitrogen and oxygen atoms in total. The smallest absolute Gasteiger partial charge is 0.336 e. The number of rotatable bonds is 4. The highest BCUT2D eigenvalue weighted by Gasteiger charge is 2.09. The van der Waals surface area contributed by atoms with Crippen LogP contribution in [0.1, 0.15) is 15.9 Å². The first-order valence-electron chi connectivity index (χ1n) is 7.75. The number of nitrogens with one attached hydrogen (secondary N) is 1. The van der Waals surface area contributed by atoms with Gasteiger partial charge in [-0.3, -0.25) is 4.79 Å². The zero-order valence-corrected chi connectivity index (χ0v) is 13.9. The zero-order valence-electron chi connectivity index (χ0n) is 13.9. The Morgan fingerprint density at radius 3 is 2.52 bits per heavy atom. The van der Waals surface area contributed by atoms with E-state index in [0.717, 1.165) is 16.6 Å². The monoisotopic (exact) mass is 338 g/mol. The summed E-state index contributed by atoms with van der Waals surface area (Å²) < 4.78 is 5.11. The van der Waals surface area contributed by atoms with Crippen molar-refractivity contribution in [3.8, 4) is 5.75 Å². The second-order valence-corrected chi connectivity index (χ2v) is 5.90. The molecular formula is C19H18N2O4. The molecule has 0 spiro atoms. The number of hydrogen-bond donors (Lipinski definition) is 2. The number of hydrogen-bond acceptors (Lipinski definition) is 5. The van der Waals surface area contributed by atoms with Crippen molar-refractivity contribution in [3.63, 3.8) is 0 Å². The Morgan fingerprint density at radius 2 is 1.84 bits per heavy atom. The topological polar surface area (TPSA) is 82.8 Å². The fraction of sp³-hybridized carbons (Fsp3) is 0.158. The summed E-state index contributed by atoms with van der Waals surface area (Å²) in [5.41, 5.74) is 2.07. The van der Waals surface area contributed by atoms with E-state index in [-0.39, 0.29) is 11.7 Å². The van der Waals surface area contributed by atoms with Crippen LogP contribution >= 0.6 is 0 Å². The van der Waals surface area contributed by atoms with Crippen molar-refractivity contribution >= 4 is 22.6 Å². The minimum atomic E-state index is -0.471. The maximum absolute atomic E-state index is 11.9. The van der Waals surface area contributed by atoms with Crippen LogP contribution in [0.3, 0.4) is 0 Å². The van der Waals surface area contributed by atoms with Crippen LogP contribution < -0.4 is 10.9 Å². The van der Waals surface area contributed by atoms with Crippen molar-refractivity contribution < 1.29 is 14.3 Å². The van der Waals surface area contributed by atoms with Gasteiger partial charge in [-0.15, -0.1) is 0 Å². The van der Waals surface area contributed by atoms with Gasteiger partial charge in [0.05, 0.1) is 0 Å². The van der Waals surface area contributed by atoms with Crippen molar-refractivity contribution in [2.45, 2.75) is 6.54 Å². The van der Waals surface area contributed by atoms with E-state index in [0.29, 0.717) is 17.7 Å². The molecule has 0 bridgehead atoms. The summed E-state index contributed by atoms with van der Waals surface area (Å²) in [4.78, 5) is 25.1. The number of carbonyl (C=O) groups excluding carboxylic acids is 1. The molecule has 2 aromatic carbocycles. The molecule has 0 saturated heterocycles. The average Bonchev–Trinajstić information content (AvgIpc) is 2.58. The first-order chi connectivity index (χ1) is 11.9. The molecular weight excluding hydrogens is 320 g/mol. The van der Waals surface area contributed by atoms with Crippen LogP contribution in [0.5, 0.6) is 5.75 Å². The fourth-order valence-corrected chi connectivity index (χ4v) is 2.55. The Bertz CT molecular complexity index is 975. The van der Waals surface area contributed by atoms with E-state index < -0.39 is 5.63 Å². The number of aromatic hydroxyl groups is 1. The molecule has 0 radical (unpaired) electrons. The lowest BCUT2D eigenvalue weighted by molar-refractivity contribution is 0.0827. The zero-order chi connectivity index (χ0) is 18.0. The van der Waals surface area contributed by atoms with Crippen LogP contribution in [0.2, 0.25) is 0 Å². The molecule has 0 aliphatic carbocycles. The Kier molecular flexibility index (Phi) is 4.43. The van der Waals surface area contributed by atoms with Gasteiger partial charge in [-0.05, 0) is 42.0 Å². The van der Waals surface area contributed by atoms with Crippen LogP contribution in [0.15, 0.2) is 57.7 Å². The lowest BCUT2D eigenvalue weighted by Crippen LogP contribution is -2.21. The van der Waals surface area contributed by atoms with E-state index in [9.17, 15) is 14.7 Å². The Hall–Kier alpha value is -3.28. The van der Waals surface area contributed by atoms with Gasteiger partial charge in [-0.1, -0.05) is 0 Å². The first-order valence-corrected chi connectivity index (χ1v) is 7.75. The highest BCUT2D eigenvalue weighted by molar-refractivity contribution is 5.94. The molecule has 6 heteroatoms. The number of amides is 1. The van der Waals surface area contributed by atoms with Crippen LogP contribution in [-0.2, 0) is 6.54 Å². The third-order valence-corrected chi connectivity index (χ3v) is 3.83. The standard InChI is InChI=1S/C19H18N2O4/c1-21(2)19(24)12-3-5-14(6-4-12)20-11-13-9-18(23)25-17-10-15(22)7-8-16(13)17/h3-10,20,22H,11H2,1-2H3. The highest BCUT2D eigenvalue weighted by Crippen LogP contribution is 2.22. The SMILES string of the molecule is CN(C)C(=O)c1ccc(NCc2cc(=O)oc3cc(O)ccc23)cc1. The second-order valence-electron chi connectivity index (χ2n) is 5.90. The minimum absolute atomic E-state index is 0.0434. The molecule has 2 N–H and O–H groups in total. The van der Waals surface area contributed by atoms with Crippen LogP contribution in [0.4, 0.5) is 5.69 Å². The van der Waals surface area contributed by atoms with Crippen molar-refractivity contribution in [1.82, 2.24) is 4.90 Å². The predicted octanol–water partition coefficient (Wildman–Crippen LogP) is 2.81. The molecule has 3 rings (SSSR count). The van der Waals surface area contributed by atoms with Gasteiger partial charge >= 0.3 is 5.63 Å². The van der Waals surface area contributed by atoms with Gasteiger partial charge in [0.1, 0.15) is 11.3 Å². The van der Waals surface area contributed by atoms with Gasteiger partial charge in [0, 0.05) is 49.4 Å². The van der Waals surface area contributed by atoms with Gasteiger partial charge < -0.3 is 19.7 Å². The van der Waals surface area contributed by atoms with Crippen LogP contribution in [-0.4, -0.2) is 30.0 Å².